The minimum absolute atomic E-state index is 0.0146. The number of aryl methyl sites for hydroxylation is 1. The predicted octanol–water partition coefficient (Wildman–Crippen LogP) is 2.95. The fourth-order valence-electron chi connectivity index (χ4n) is 4.24. The zero-order chi connectivity index (χ0) is 24.9. The van der Waals surface area contributed by atoms with Crippen LogP contribution in [0.2, 0.25) is 0 Å². The number of aromatic nitrogens is 2. The van der Waals surface area contributed by atoms with Crippen molar-refractivity contribution in [1.82, 2.24) is 19.0 Å². The van der Waals surface area contributed by atoms with Crippen molar-refractivity contribution in [3.63, 3.8) is 0 Å². The van der Waals surface area contributed by atoms with Crippen LogP contribution in [0.4, 0.5) is 13.6 Å². The largest absolute Gasteiger partial charge is 0.465 e. The van der Waals surface area contributed by atoms with Crippen LogP contribution in [0.25, 0.3) is 16.9 Å². The van der Waals surface area contributed by atoms with Gasteiger partial charge in [0.2, 0.25) is 10.0 Å². The highest BCUT2D eigenvalue weighted by Gasteiger charge is 2.31. The van der Waals surface area contributed by atoms with Crippen LogP contribution in [0.5, 0.6) is 0 Å². The van der Waals surface area contributed by atoms with Gasteiger partial charge in [-0.05, 0) is 49.6 Å². The van der Waals surface area contributed by atoms with Crippen molar-refractivity contribution in [3.05, 3.63) is 53.4 Å². The number of hydrogen-bond acceptors (Lipinski definition) is 5. The summed E-state index contributed by atoms with van der Waals surface area (Å²) in [6.45, 7) is 2.39. The fraction of sp³-hybridized carbons (Fsp3) is 0.391. The summed E-state index contributed by atoms with van der Waals surface area (Å²) in [6.07, 6.45) is 1.63. The maximum Gasteiger partial charge on any atom is 0.407 e. The highest BCUT2D eigenvalue weighted by Crippen LogP contribution is 2.33. The lowest BCUT2D eigenvalue weighted by atomic mass is 10.0. The second-order valence-electron chi connectivity index (χ2n) is 8.92. The van der Waals surface area contributed by atoms with Gasteiger partial charge < -0.3 is 19.1 Å². The molecule has 0 radical (unpaired) electrons. The third kappa shape index (κ3) is 4.73. The summed E-state index contributed by atoms with van der Waals surface area (Å²) in [5.74, 6) is -2.11. The van der Waals surface area contributed by atoms with E-state index in [1.165, 1.54) is 4.90 Å². The molecule has 1 saturated heterocycles. The number of halogens is 2. The molecule has 3 aromatic rings. The SMILES string of the molecule is Cc1ccn2c(CC3CN(C(=O)O)CCO3)c(-c3c(F)cc(S(=O)(=O)NC4CC4)cc3F)nc2c1. The summed E-state index contributed by atoms with van der Waals surface area (Å²) in [5, 5.41) is 9.34. The topological polar surface area (TPSA) is 113 Å². The van der Waals surface area contributed by atoms with Crippen LogP contribution in [0, 0.1) is 18.6 Å². The van der Waals surface area contributed by atoms with E-state index >= 15 is 8.78 Å². The molecule has 1 aliphatic carbocycles. The van der Waals surface area contributed by atoms with E-state index in [0.29, 0.717) is 24.2 Å². The van der Waals surface area contributed by atoms with Gasteiger partial charge in [-0.15, -0.1) is 0 Å². The number of pyridine rings is 1. The van der Waals surface area contributed by atoms with E-state index in [1.54, 1.807) is 16.7 Å². The molecule has 1 atom stereocenters. The van der Waals surface area contributed by atoms with E-state index in [1.807, 2.05) is 13.0 Å². The third-order valence-electron chi connectivity index (χ3n) is 6.17. The summed E-state index contributed by atoms with van der Waals surface area (Å²) >= 11 is 0. The number of sulfonamides is 1. The summed E-state index contributed by atoms with van der Waals surface area (Å²) in [4.78, 5) is 16.6. The van der Waals surface area contributed by atoms with Crippen molar-refractivity contribution in [3.8, 4) is 11.3 Å². The van der Waals surface area contributed by atoms with Crippen LogP contribution in [-0.2, 0) is 21.2 Å². The Morgan fingerprint density at radius 1 is 1.26 bits per heavy atom. The number of nitrogens with zero attached hydrogens (tertiary/aromatic N) is 3. The maximum absolute atomic E-state index is 15.3. The summed E-state index contributed by atoms with van der Waals surface area (Å²) in [6, 6.07) is 4.96. The minimum atomic E-state index is -4.06. The van der Waals surface area contributed by atoms with E-state index in [0.717, 1.165) is 17.7 Å². The Morgan fingerprint density at radius 3 is 2.63 bits per heavy atom. The molecule has 2 aromatic heterocycles. The van der Waals surface area contributed by atoms with E-state index in [9.17, 15) is 18.3 Å². The number of amides is 1. The number of ether oxygens (including phenoxy) is 1. The number of carboxylic acid groups (broad SMARTS) is 1. The van der Waals surface area contributed by atoms with Gasteiger partial charge >= 0.3 is 6.09 Å². The first kappa shape index (κ1) is 23.6. The molecule has 2 fully saturated rings. The molecule has 1 saturated carbocycles. The lowest BCUT2D eigenvalue weighted by Crippen LogP contribution is -2.45. The minimum Gasteiger partial charge on any atom is -0.465 e. The lowest BCUT2D eigenvalue weighted by Gasteiger charge is -2.31. The number of imidazole rings is 1. The molecular weight excluding hydrogens is 482 g/mol. The molecule has 35 heavy (non-hydrogen) atoms. The molecule has 12 heteroatoms. The van der Waals surface area contributed by atoms with Gasteiger partial charge in [0.1, 0.15) is 17.3 Å². The van der Waals surface area contributed by atoms with Gasteiger partial charge in [0.15, 0.2) is 0 Å². The number of morpholine rings is 1. The zero-order valence-electron chi connectivity index (χ0n) is 18.9. The molecule has 1 amide bonds. The molecule has 3 heterocycles. The summed E-state index contributed by atoms with van der Waals surface area (Å²) in [7, 11) is -4.06. The number of nitrogens with one attached hydrogen (secondary N) is 1. The van der Waals surface area contributed by atoms with E-state index in [-0.39, 0.29) is 37.9 Å². The number of carbonyl (C=O) groups is 1. The van der Waals surface area contributed by atoms with Gasteiger partial charge in [-0.1, -0.05) is 0 Å². The molecule has 1 unspecified atom stereocenters. The van der Waals surface area contributed by atoms with Crippen LogP contribution in [0.15, 0.2) is 35.4 Å². The predicted molar refractivity (Wildman–Crippen MR) is 122 cm³/mol. The molecule has 1 aliphatic heterocycles. The Morgan fingerprint density at radius 2 is 1.97 bits per heavy atom. The molecule has 0 spiro atoms. The monoisotopic (exact) mass is 506 g/mol. The second kappa shape index (κ2) is 8.85. The van der Waals surface area contributed by atoms with Gasteiger partial charge in [-0.2, -0.15) is 0 Å². The van der Waals surface area contributed by atoms with Crippen molar-refractivity contribution in [1.29, 1.82) is 0 Å². The van der Waals surface area contributed by atoms with Gasteiger partial charge in [0.25, 0.3) is 0 Å². The van der Waals surface area contributed by atoms with Gasteiger partial charge in [0.05, 0.1) is 41.1 Å². The quantitative estimate of drug-likeness (QED) is 0.532. The molecular formula is C23H24F2N4O5S. The first-order valence-electron chi connectivity index (χ1n) is 11.2. The first-order valence-corrected chi connectivity index (χ1v) is 12.7. The van der Waals surface area contributed by atoms with Gasteiger partial charge in [0, 0.05) is 25.2 Å². The van der Waals surface area contributed by atoms with Crippen molar-refractivity contribution in [2.75, 3.05) is 19.7 Å². The number of hydrogen-bond donors (Lipinski definition) is 2. The Kier molecular flexibility index (Phi) is 5.98. The first-order chi connectivity index (χ1) is 16.6. The zero-order valence-corrected chi connectivity index (χ0v) is 19.7. The van der Waals surface area contributed by atoms with Gasteiger partial charge in [-0.25, -0.2) is 31.7 Å². The Balaban J connectivity index is 1.58. The maximum atomic E-state index is 15.3. The molecule has 9 nitrogen and oxygen atoms in total. The molecule has 0 bridgehead atoms. The second-order valence-corrected chi connectivity index (χ2v) is 10.6. The van der Waals surface area contributed by atoms with Crippen molar-refractivity contribution in [2.45, 2.75) is 43.2 Å². The molecule has 5 rings (SSSR count). The molecule has 2 aliphatic rings. The lowest BCUT2D eigenvalue weighted by molar-refractivity contribution is -0.0214. The van der Waals surface area contributed by atoms with E-state index in [4.69, 9.17) is 4.74 Å². The summed E-state index contributed by atoms with van der Waals surface area (Å²) < 4.78 is 65.5. The average molecular weight is 507 g/mol. The number of benzene rings is 1. The standard InChI is InChI=1S/C23H24F2N4O5S/c1-13-4-5-29-19(9-15-12-28(23(30)31)6-7-34-15)22(26-20(29)8-13)21-17(24)10-16(11-18(21)25)35(32,33)27-14-2-3-14/h4-5,8,10-11,14-15,27H,2-3,6-7,9,12H2,1H3,(H,30,31). The van der Waals surface area contributed by atoms with Crippen molar-refractivity contribution >= 4 is 21.8 Å². The van der Waals surface area contributed by atoms with E-state index in [2.05, 4.69) is 9.71 Å². The summed E-state index contributed by atoms with van der Waals surface area (Å²) in [5.41, 5.74) is 1.34. The van der Waals surface area contributed by atoms with Crippen molar-refractivity contribution < 1.29 is 31.8 Å². The highest BCUT2D eigenvalue weighted by atomic mass is 32.2. The normalized spacial score (nSPS) is 18.8. The molecule has 2 N–H and O–H groups in total. The van der Waals surface area contributed by atoms with Crippen LogP contribution in [0.3, 0.4) is 0 Å². The van der Waals surface area contributed by atoms with Crippen LogP contribution in [-0.4, -0.2) is 65.7 Å². The van der Waals surface area contributed by atoms with Crippen LogP contribution >= 0.6 is 0 Å². The fourth-order valence-corrected chi connectivity index (χ4v) is 5.57. The molecule has 186 valence electrons. The Bertz CT molecular complexity index is 1400. The average Bonchev–Trinajstić information content (AvgIpc) is 3.53. The number of rotatable bonds is 6. The van der Waals surface area contributed by atoms with Gasteiger partial charge in [-0.3, -0.25) is 0 Å². The van der Waals surface area contributed by atoms with Crippen LogP contribution in [0.1, 0.15) is 24.1 Å². The third-order valence-corrected chi connectivity index (χ3v) is 7.67. The van der Waals surface area contributed by atoms with Crippen LogP contribution < -0.4 is 4.72 Å². The van der Waals surface area contributed by atoms with Crippen molar-refractivity contribution in [2.24, 2.45) is 0 Å². The molecule has 1 aromatic carbocycles. The Labute approximate surface area is 200 Å². The smallest absolute Gasteiger partial charge is 0.407 e. The number of fused-ring (bicyclic) bond motifs is 1. The highest BCUT2D eigenvalue weighted by molar-refractivity contribution is 7.89. The Hall–Kier alpha value is -3.09. The van der Waals surface area contributed by atoms with E-state index < -0.39 is 44.3 Å².